The molecule has 7 nitrogen and oxygen atoms in total. The number of aromatic nitrogens is 1. The molecule has 0 bridgehead atoms. The Hall–Kier alpha value is -3.65. The maximum atomic E-state index is 12.8. The summed E-state index contributed by atoms with van der Waals surface area (Å²) in [6.07, 6.45) is 2.21. The van der Waals surface area contributed by atoms with E-state index in [2.05, 4.69) is 31.5 Å². The van der Waals surface area contributed by atoms with E-state index in [-0.39, 0.29) is 29.0 Å². The van der Waals surface area contributed by atoms with Gasteiger partial charge in [0.15, 0.2) is 5.78 Å². The van der Waals surface area contributed by atoms with Gasteiger partial charge in [0.1, 0.15) is 11.4 Å². The van der Waals surface area contributed by atoms with Gasteiger partial charge in [-0.15, -0.1) is 0 Å². The number of hydrogen-bond acceptors (Lipinski definition) is 4. The number of phenols is 1. The summed E-state index contributed by atoms with van der Waals surface area (Å²) in [7, 11) is 0. The van der Waals surface area contributed by atoms with E-state index in [1.165, 1.54) is 6.92 Å². The smallest absolute Gasteiger partial charge is 0.268 e. The molecule has 0 radical (unpaired) electrons. The molecule has 1 aliphatic rings. The Bertz CT molecular complexity index is 1310. The van der Waals surface area contributed by atoms with Crippen LogP contribution in [0.1, 0.15) is 50.2 Å². The lowest BCUT2D eigenvalue weighted by Crippen LogP contribution is -2.26. The molecule has 0 saturated carbocycles. The first-order valence-corrected chi connectivity index (χ1v) is 11.2. The van der Waals surface area contributed by atoms with Crippen molar-refractivity contribution < 1.29 is 19.5 Å². The van der Waals surface area contributed by atoms with Crippen molar-refractivity contribution in [2.45, 2.75) is 20.3 Å². The fourth-order valence-electron chi connectivity index (χ4n) is 3.93. The third-order valence-electron chi connectivity index (χ3n) is 5.55. The van der Waals surface area contributed by atoms with Crippen molar-refractivity contribution in [2.24, 2.45) is 0 Å². The number of amides is 2. The van der Waals surface area contributed by atoms with Gasteiger partial charge in [-0.2, -0.15) is 0 Å². The molecule has 2 amide bonds. The van der Waals surface area contributed by atoms with Crippen molar-refractivity contribution >= 4 is 50.9 Å². The molecule has 0 fully saturated rings. The SMILES string of the molecule is CC(=O)c1c(C=C2C(=O)Nc3ccc(Br)cc32)[nH]c(C(=O)NCCc2ccc(O)cc2)c1C. The highest BCUT2D eigenvalue weighted by Crippen LogP contribution is 2.35. The lowest BCUT2D eigenvalue weighted by atomic mass is 10.0. The molecule has 4 rings (SSSR count). The van der Waals surface area contributed by atoms with Gasteiger partial charge in [0.25, 0.3) is 11.8 Å². The Morgan fingerprint density at radius 3 is 2.58 bits per heavy atom. The first kappa shape index (κ1) is 22.5. The minimum atomic E-state index is -0.336. The van der Waals surface area contributed by atoms with Crippen LogP contribution >= 0.6 is 15.9 Å². The number of halogens is 1. The van der Waals surface area contributed by atoms with Crippen molar-refractivity contribution in [3.63, 3.8) is 0 Å². The molecular weight excluding hydrogens is 486 g/mol. The van der Waals surface area contributed by atoms with Gasteiger partial charge in [-0.25, -0.2) is 0 Å². The number of aromatic hydroxyl groups is 1. The largest absolute Gasteiger partial charge is 0.508 e. The zero-order valence-electron chi connectivity index (χ0n) is 18.1. The molecule has 8 heteroatoms. The highest BCUT2D eigenvalue weighted by Gasteiger charge is 2.27. The van der Waals surface area contributed by atoms with Crippen LogP contribution < -0.4 is 10.6 Å². The van der Waals surface area contributed by atoms with Gasteiger partial charge in [-0.05, 0) is 67.8 Å². The number of anilines is 1. The topological polar surface area (TPSA) is 111 Å². The number of ketones is 1. The van der Waals surface area contributed by atoms with Crippen LogP contribution in [0.2, 0.25) is 0 Å². The van der Waals surface area contributed by atoms with E-state index in [1.54, 1.807) is 43.3 Å². The van der Waals surface area contributed by atoms with Crippen LogP contribution in [-0.2, 0) is 11.2 Å². The minimum absolute atomic E-state index is 0.189. The van der Waals surface area contributed by atoms with Crippen molar-refractivity contribution in [2.75, 3.05) is 11.9 Å². The summed E-state index contributed by atoms with van der Waals surface area (Å²) in [6.45, 7) is 3.53. The summed E-state index contributed by atoms with van der Waals surface area (Å²) in [4.78, 5) is 40.8. The first-order valence-electron chi connectivity index (χ1n) is 10.4. The molecule has 0 atom stereocenters. The standard InChI is InChI=1S/C25H22BrN3O4/c1-13-22(14(2)30)21(12-19-18-11-16(26)5-8-20(18)29-24(19)32)28-23(13)25(33)27-10-9-15-3-6-17(31)7-4-15/h3-8,11-12,28,31H,9-10H2,1-2H3,(H,27,33)(H,29,32). The van der Waals surface area contributed by atoms with E-state index in [0.717, 1.165) is 15.6 Å². The number of H-pyrrole nitrogens is 1. The molecule has 0 unspecified atom stereocenters. The molecule has 0 aliphatic carbocycles. The predicted molar refractivity (Wildman–Crippen MR) is 130 cm³/mol. The number of carbonyl (C=O) groups excluding carboxylic acids is 3. The molecular formula is C25H22BrN3O4. The number of aromatic amines is 1. The van der Waals surface area contributed by atoms with E-state index in [1.807, 2.05) is 12.1 Å². The summed E-state index contributed by atoms with van der Waals surface area (Å²) >= 11 is 3.42. The highest BCUT2D eigenvalue weighted by molar-refractivity contribution is 9.10. The summed E-state index contributed by atoms with van der Waals surface area (Å²) in [6, 6.07) is 12.3. The Kier molecular flexibility index (Phi) is 6.20. The third-order valence-corrected chi connectivity index (χ3v) is 6.04. The molecule has 1 aliphatic heterocycles. The molecule has 0 spiro atoms. The van der Waals surface area contributed by atoms with E-state index in [4.69, 9.17) is 0 Å². The lowest BCUT2D eigenvalue weighted by Gasteiger charge is -2.05. The number of hydrogen-bond donors (Lipinski definition) is 4. The van der Waals surface area contributed by atoms with Crippen LogP contribution in [0.3, 0.4) is 0 Å². The van der Waals surface area contributed by atoms with Crippen molar-refractivity contribution in [3.8, 4) is 5.75 Å². The Balaban J connectivity index is 1.61. The Morgan fingerprint density at radius 2 is 1.88 bits per heavy atom. The number of carbonyl (C=O) groups is 3. The second kappa shape index (κ2) is 9.07. The lowest BCUT2D eigenvalue weighted by molar-refractivity contribution is -0.110. The number of benzene rings is 2. The van der Waals surface area contributed by atoms with Gasteiger partial charge in [-0.3, -0.25) is 14.4 Å². The first-order chi connectivity index (χ1) is 15.7. The molecule has 2 aromatic carbocycles. The number of nitrogens with one attached hydrogen (secondary N) is 3. The van der Waals surface area contributed by atoms with Crippen LogP contribution in [0.25, 0.3) is 11.6 Å². The fourth-order valence-corrected chi connectivity index (χ4v) is 4.29. The van der Waals surface area contributed by atoms with Crippen LogP contribution in [0, 0.1) is 6.92 Å². The quantitative estimate of drug-likeness (QED) is 0.291. The third kappa shape index (κ3) is 4.61. The van der Waals surface area contributed by atoms with Gasteiger partial charge >= 0.3 is 0 Å². The molecule has 33 heavy (non-hydrogen) atoms. The van der Waals surface area contributed by atoms with Crippen LogP contribution in [0.4, 0.5) is 5.69 Å². The second-order valence-corrected chi connectivity index (χ2v) is 8.76. The van der Waals surface area contributed by atoms with Gasteiger partial charge in [-0.1, -0.05) is 28.1 Å². The zero-order valence-corrected chi connectivity index (χ0v) is 19.7. The number of phenolic OH excluding ortho intramolecular Hbond substituents is 1. The molecule has 168 valence electrons. The van der Waals surface area contributed by atoms with E-state index >= 15 is 0 Å². The van der Waals surface area contributed by atoms with E-state index < -0.39 is 0 Å². The zero-order chi connectivity index (χ0) is 23.7. The van der Waals surface area contributed by atoms with Crippen LogP contribution in [0.15, 0.2) is 46.9 Å². The Morgan fingerprint density at radius 1 is 1.15 bits per heavy atom. The van der Waals surface area contributed by atoms with Gasteiger partial charge < -0.3 is 20.7 Å². The fraction of sp³-hybridized carbons (Fsp3) is 0.160. The minimum Gasteiger partial charge on any atom is -0.508 e. The molecule has 4 N–H and O–H groups in total. The van der Waals surface area contributed by atoms with Gasteiger partial charge in [0.2, 0.25) is 0 Å². The average molecular weight is 508 g/mol. The van der Waals surface area contributed by atoms with Crippen molar-refractivity contribution in [1.82, 2.24) is 10.3 Å². The van der Waals surface area contributed by atoms with E-state index in [9.17, 15) is 19.5 Å². The monoisotopic (exact) mass is 507 g/mol. The maximum Gasteiger partial charge on any atom is 0.268 e. The molecule has 3 aromatic rings. The Labute approximate surface area is 199 Å². The normalized spacial score (nSPS) is 13.7. The predicted octanol–water partition coefficient (Wildman–Crippen LogP) is 4.46. The molecule has 1 aromatic heterocycles. The summed E-state index contributed by atoms with van der Waals surface area (Å²) in [5.41, 5.74) is 4.40. The highest BCUT2D eigenvalue weighted by atomic mass is 79.9. The number of rotatable bonds is 6. The van der Waals surface area contributed by atoms with E-state index in [0.29, 0.717) is 41.0 Å². The second-order valence-electron chi connectivity index (χ2n) is 7.84. The molecule has 2 heterocycles. The summed E-state index contributed by atoms with van der Waals surface area (Å²) < 4.78 is 0.826. The maximum absolute atomic E-state index is 12.8. The number of Topliss-reactive ketones (excluding diaryl/α,β-unsaturated/α-hetero) is 1. The van der Waals surface area contributed by atoms with Crippen molar-refractivity contribution in [1.29, 1.82) is 0 Å². The van der Waals surface area contributed by atoms with Gasteiger partial charge in [0, 0.05) is 27.8 Å². The van der Waals surface area contributed by atoms with Gasteiger partial charge in [0.05, 0.1) is 11.3 Å². The average Bonchev–Trinajstić information content (AvgIpc) is 3.26. The summed E-state index contributed by atoms with van der Waals surface area (Å²) in [5.74, 6) is -0.622. The molecule has 0 saturated heterocycles. The number of fused-ring (bicyclic) bond motifs is 1. The van der Waals surface area contributed by atoms with Crippen molar-refractivity contribution in [3.05, 3.63) is 80.6 Å². The van der Waals surface area contributed by atoms with Crippen LogP contribution in [-0.4, -0.2) is 34.2 Å². The van der Waals surface area contributed by atoms with Crippen LogP contribution in [0.5, 0.6) is 5.75 Å². The summed E-state index contributed by atoms with van der Waals surface area (Å²) in [5, 5.41) is 15.0.